The number of nitrogens with one attached hydrogen (secondary N) is 2. The smallest absolute Gasteiger partial charge is 0.355 e. The number of nitrogens with zero attached hydrogens (tertiary/aromatic N) is 5. The van der Waals surface area contributed by atoms with Crippen LogP contribution in [0.4, 0.5) is 15.6 Å². The number of benzene rings is 2. The molecule has 10 rings (SSSR count). The number of carboxylic acids is 1. The standard InChI is InChI=1S/C44H52N7O7PS/c1-28-32(20-46-51(28)27-43-22-41(2)21-42(3,23-43)25-44(24-41,26-43)58-17-14-45-15-18-59(55,56)57)31-12-13-33(47-37(31)38(52)53)30-11-10-29-7-6-16-50(35(29)19-30)40(54)49-39-48-34-8-4-5-9-36(34)60-39/h4-5,8-13,19-20,45H,6-7,14-18,21-27H2,1-3H3,(H,52,53)(H,48,49,54)(H2,55,56,57). The minimum absolute atomic E-state index is 0.0521. The van der Waals surface area contributed by atoms with Crippen molar-refractivity contribution in [2.75, 3.05) is 42.6 Å². The van der Waals surface area contributed by atoms with Crippen LogP contribution < -0.4 is 15.5 Å². The van der Waals surface area contributed by atoms with Crippen LogP contribution in [0, 0.1) is 23.2 Å². The molecule has 60 heavy (non-hydrogen) atoms. The maximum Gasteiger partial charge on any atom is 0.355 e. The first-order valence-corrected chi connectivity index (χ1v) is 23.4. The minimum Gasteiger partial charge on any atom is -0.476 e. The highest BCUT2D eigenvalue weighted by Crippen LogP contribution is 2.72. The Morgan fingerprint density at radius 2 is 1.73 bits per heavy atom. The summed E-state index contributed by atoms with van der Waals surface area (Å²) < 4.78 is 21.1. The van der Waals surface area contributed by atoms with Gasteiger partial charge in [0.2, 0.25) is 0 Å². The number of pyridine rings is 1. The number of fused-ring (bicyclic) bond motifs is 2. The summed E-state index contributed by atoms with van der Waals surface area (Å²) in [6.07, 6.45) is 9.37. The molecule has 5 N–H and O–H groups in total. The number of urea groups is 1. The van der Waals surface area contributed by atoms with E-state index in [1.54, 1.807) is 11.1 Å². The van der Waals surface area contributed by atoms with E-state index in [2.05, 4.69) is 29.5 Å². The third-order valence-electron chi connectivity index (χ3n) is 13.1. The Kier molecular flexibility index (Phi) is 10.3. The van der Waals surface area contributed by atoms with E-state index < -0.39 is 13.6 Å². The summed E-state index contributed by atoms with van der Waals surface area (Å²) in [5.41, 5.74) is 5.80. The fraction of sp³-hybridized carbons (Fsp3) is 0.477. The SMILES string of the molecule is Cc1c(-c2ccc(-c3ccc4c(c3)N(C(=O)Nc3nc5ccccc5s3)CCC4)nc2C(=O)O)cnn1CC12CC3(C)CC(C)(C1)CC(OCCNCCP(=O)(O)O)(C3)C2. The lowest BCUT2D eigenvalue weighted by atomic mass is 9.39. The number of carbonyl (C=O) groups excluding carboxylic acids is 1. The summed E-state index contributed by atoms with van der Waals surface area (Å²) in [5, 5.41) is 22.1. The first kappa shape index (κ1) is 40.9. The largest absolute Gasteiger partial charge is 0.476 e. The van der Waals surface area contributed by atoms with Gasteiger partial charge in [0.25, 0.3) is 0 Å². The molecule has 4 aliphatic carbocycles. The van der Waals surface area contributed by atoms with Crippen molar-refractivity contribution in [1.29, 1.82) is 0 Å². The third kappa shape index (κ3) is 8.03. The fourth-order valence-electron chi connectivity index (χ4n) is 12.1. The van der Waals surface area contributed by atoms with Crippen LogP contribution in [0.2, 0.25) is 0 Å². The Labute approximate surface area is 352 Å². The van der Waals surface area contributed by atoms with Gasteiger partial charge in [-0.05, 0) is 110 Å². The van der Waals surface area contributed by atoms with Crippen LogP contribution >= 0.6 is 18.9 Å². The maximum atomic E-state index is 13.6. The lowest BCUT2D eigenvalue weighted by Crippen LogP contribution is -2.64. The quantitative estimate of drug-likeness (QED) is 0.0568. The van der Waals surface area contributed by atoms with Gasteiger partial charge in [0.15, 0.2) is 10.8 Å². The number of hydrogen-bond acceptors (Lipinski definition) is 9. The maximum absolute atomic E-state index is 13.6. The van der Waals surface area contributed by atoms with Crippen LogP contribution in [0.5, 0.6) is 0 Å². The molecule has 16 heteroatoms. The molecule has 2 aromatic carbocycles. The van der Waals surface area contributed by atoms with E-state index in [-0.39, 0.29) is 46.3 Å². The molecule has 0 radical (unpaired) electrons. The van der Waals surface area contributed by atoms with E-state index in [0.29, 0.717) is 48.2 Å². The summed E-state index contributed by atoms with van der Waals surface area (Å²) >= 11 is 1.43. The Morgan fingerprint density at radius 3 is 2.48 bits per heavy atom. The first-order valence-electron chi connectivity index (χ1n) is 20.8. The Hall–Kier alpha value is -4.50. The molecule has 316 valence electrons. The molecule has 4 heterocycles. The Bertz CT molecular complexity index is 2500. The molecule has 2 atom stereocenters. The van der Waals surface area contributed by atoms with E-state index >= 15 is 0 Å². The summed E-state index contributed by atoms with van der Waals surface area (Å²) in [6.45, 7) is 9.25. The molecule has 5 aromatic rings. The highest BCUT2D eigenvalue weighted by molar-refractivity contribution is 7.51. The number of hydrogen-bond donors (Lipinski definition) is 5. The van der Waals surface area contributed by atoms with Crippen LogP contribution in [0.1, 0.15) is 80.5 Å². The second-order valence-electron chi connectivity index (χ2n) is 18.6. The molecule has 4 bridgehead atoms. The number of carboxylic acid groups (broad SMARTS) is 1. The van der Waals surface area contributed by atoms with Gasteiger partial charge in [-0.25, -0.2) is 19.6 Å². The zero-order valence-electron chi connectivity index (χ0n) is 34.2. The molecular weight excluding hydrogens is 802 g/mol. The predicted octanol–water partition coefficient (Wildman–Crippen LogP) is 8.12. The number of carbonyl (C=O) groups is 2. The van der Waals surface area contributed by atoms with Gasteiger partial charge in [-0.3, -0.25) is 19.5 Å². The zero-order valence-corrected chi connectivity index (χ0v) is 36.0. The average molecular weight is 854 g/mol. The van der Waals surface area contributed by atoms with Gasteiger partial charge < -0.3 is 24.9 Å². The molecule has 0 saturated heterocycles. The van der Waals surface area contributed by atoms with E-state index in [1.807, 2.05) is 66.2 Å². The lowest BCUT2D eigenvalue weighted by Gasteiger charge is -2.69. The van der Waals surface area contributed by atoms with Crippen molar-refractivity contribution in [3.63, 3.8) is 0 Å². The number of thiazole rings is 1. The monoisotopic (exact) mass is 853 g/mol. The lowest BCUT2D eigenvalue weighted by molar-refractivity contribution is -0.247. The number of anilines is 2. The van der Waals surface area contributed by atoms with Gasteiger partial charge in [0.05, 0.1) is 40.5 Å². The summed E-state index contributed by atoms with van der Waals surface area (Å²) in [6, 6.07) is 17.0. The van der Waals surface area contributed by atoms with Crippen molar-refractivity contribution in [2.24, 2.45) is 16.2 Å². The fourth-order valence-corrected chi connectivity index (χ4v) is 13.4. The van der Waals surface area contributed by atoms with Gasteiger partial charge in [-0.1, -0.05) is 49.4 Å². The number of amides is 2. The van der Waals surface area contributed by atoms with Crippen LogP contribution in [0.15, 0.2) is 60.8 Å². The molecule has 5 aliphatic rings. The van der Waals surface area contributed by atoms with Crippen molar-refractivity contribution < 1.29 is 33.8 Å². The van der Waals surface area contributed by atoms with Crippen molar-refractivity contribution in [1.82, 2.24) is 25.1 Å². The van der Waals surface area contributed by atoms with E-state index in [9.17, 15) is 29.0 Å². The molecule has 2 unspecified atom stereocenters. The molecule has 0 spiro atoms. The normalized spacial score (nSPS) is 25.8. The summed E-state index contributed by atoms with van der Waals surface area (Å²) in [4.78, 5) is 56.0. The number of aromatic nitrogens is 4. The first-order chi connectivity index (χ1) is 28.5. The molecular formula is C44H52N7O7PS. The van der Waals surface area contributed by atoms with Crippen molar-refractivity contribution in [3.05, 3.63) is 77.7 Å². The van der Waals surface area contributed by atoms with Gasteiger partial charge in [0.1, 0.15) is 0 Å². The number of para-hydroxylation sites is 1. The van der Waals surface area contributed by atoms with Gasteiger partial charge in [-0.2, -0.15) is 5.10 Å². The van der Waals surface area contributed by atoms with Gasteiger partial charge >= 0.3 is 19.6 Å². The molecule has 1 aliphatic heterocycles. The van der Waals surface area contributed by atoms with Crippen molar-refractivity contribution in [2.45, 2.75) is 84.3 Å². The number of rotatable bonds is 13. The van der Waals surface area contributed by atoms with E-state index in [4.69, 9.17) is 14.8 Å². The second kappa shape index (κ2) is 15.1. The molecule has 14 nitrogen and oxygen atoms in total. The van der Waals surface area contributed by atoms with Crippen LogP contribution in [-0.4, -0.2) is 84.6 Å². The highest BCUT2D eigenvalue weighted by atomic mass is 32.1. The Balaban J connectivity index is 0.941. The van der Waals surface area contributed by atoms with E-state index in [1.165, 1.54) is 11.3 Å². The summed E-state index contributed by atoms with van der Waals surface area (Å²) in [7, 11) is -4.05. The van der Waals surface area contributed by atoms with Crippen LogP contribution in [0.25, 0.3) is 32.6 Å². The number of aryl methyl sites for hydroxylation is 1. The second-order valence-corrected chi connectivity index (χ2v) is 21.4. The third-order valence-corrected chi connectivity index (χ3v) is 14.9. The highest BCUT2D eigenvalue weighted by Gasteiger charge is 2.66. The predicted molar refractivity (Wildman–Crippen MR) is 232 cm³/mol. The van der Waals surface area contributed by atoms with Crippen molar-refractivity contribution in [3.8, 4) is 22.4 Å². The van der Waals surface area contributed by atoms with Gasteiger partial charge in [-0.15, -0.1) is 0 Å². The topological polar surface area (TPSA) is 192 Å². The Morgan fingerprint density at radius 1 is 0.950 bits per heavy atom. The van der Waals surface area contributed by atoms with Crippen LogP contribution in [-0.2, 0) is 22.3 Å². The molecule has 3 aromatic heterocycles. The van der Waals surface area contributed by atoms with Crippen molar-refractivity contribution >= 4 is 52.0 Å². The van der Waals surface area contributed by atoms with Gasteiger partial charge in [0, 0.05) is 54.3 Å². The number of aromatic carboxylic acids is 1. The minimum atomic E-state index is -4.05. The zero-order chi connectivity index (χ0) is 42.1. The molecule has 4 saturated carbocycles. The summed E-state index contributed by atoms with van der Waals surface area (Å²) in [5.74, 6) is -1.13. The van der Waals surface area contributed by atoms with Crippen LogP contribution in [0.3, 0.4) is 0 Å². The molecule has 2 amide bonds. The average Bonchev–Trinajstić information content (AvgIpc) is 3.75. The molecule has 4 fully saturated rings. The number of ether oxygens (including phenoxy) is 1. The van der Waals surface area contributed by atoms with E-state index in [0.717, 1.165) is 84.1 Å².